The van der Waals surface area contributed by atoms with Gasteiger partial charge in [0.15, 0.2) is 0 Å². The molecule has 0 bridgehead atoms. The van der Waals surface area contributed by atoms with E-state index in [2.05, 4.69) is 15.0 Å². The quantitative estimate of drug-likeness (QED) is 0.621. The first kappa shape index (κ1) is 9.91. The van der Waals surface area contributed by atoms with E-state index >= 15 is 0 Å². The minimum Gasteiger partial charge on any atom is -0.329 e. The first-order valence-corrected chi connectivity index (χ1v) is 3.92. The molecule has 14 heavy (non-hydrogen) atoms. The van der Waals surface area contributed by atoms with Gasteiger partial charge in [0.05, 0.1) is 0 Å². The van der Waals surface area contributed by atoms with Crippen molar-refractivity contribution in [2.75, 3.05) is 0 Å². The number of rotatable bonds is 0. The van der Waals surface area contributed by atoms with Crippen molar-refractivity contribution < 1.29 is 0 Å². The van der Waals surface area contributed by atoms with Gasteiger partial charge in [0.25, 0.3) is 0 Å². The summed E-state index contributed by atoms with van der Waals surface area (Å²) in [4.78, 5) is 28.5. The molecule has 2 rings (SSSR count). The molecule has 0 atom stereocenters. The lowest BCUT2D eigenvalue weighted by molar-refractivity contribution is 1.08. The van der Waals surface area contributed by atoms with Crippen LogP contribution in [-0.4, -0.2) is 15.0 Å². The Morgan fingerprint density at radius 2 is 1.79 bits per heavy atom. The van der Waals surface area contributed by atoms with Gasteiger partial charge >= 0.3 is 5.69 Å². The second-order valence-corrected chi connectivity index (χ2v) is 2.31. The molecule has 0 amide bonds. The molecule has 0 aromatic carbocycles. The van der Waals surface area contributed by atoms with E-state index in [-0.39, 0.29) is 11.2 Å². The summed E-state index contributed by atoms with van der Waals surface area (Å²) in [5.41, 5.74) is -0.356. The lowest BCUT2D eigenvalue weighted by Crippen LogP contribution is -2.05. The number of aromatic nitrogens is 3. The molecule has 0 aliphatic heterocycles. The second kappa shape index (κ2) is 5.47. The Morgan fingerprint density at radius 3 is 2.07 bits per heavy atom. The average Bonchev–Trinajstić information content (AvgIpc) is 2.21. The Balaban J connectivity index is 0.000000140. The van der Waals surface area contributed by atoms with Crippen LogP contribution in [0.2, 0.25) is 0 Å². The van der Waals surface area contributed by atoms with Crippen molar-refractivity contribution in [2.24, 2.45) is 0 Å². The van der Waals surface area contributed by atoms with Gasteiger partial charge in [-0.05, 0) is 12.1 Å². The normalized spacial score (nSPS) is 8.57. The molecule has 0 aliphatic rings. The maximum atomic E-state index is 10.2. The monoisotopic (exact) mass is 191 g/mol. The maximum Gasteiger partial charge on any atom is 0.344 e. The summed E-state index contributed by atoms with van der Waals surface area (Å²) in [6, 6.07) is 6.58. The number of pyridine rings is 1. The third kappa shape index (κ3) is 4.01. The molecule has 5 heteroatoms. The van der Waals surface area contributed by atoms with Gasteiger partial charge in [-0.2, -0.15) is 0 Å². The fourth-order valence-corrected chi connectivity index (χ4v) is 0.687. The number of aromatic amines is 2. The predicted octanol–water partition coefficient (Wildman–Crippen LogP) is 0.145. The van der Waals surface area contributed by atoms with E-state index in [1.807, 2.05) is 0 Å². The number of hydrogen-bond acceptors (Lipinski definition) is 3. The van der Waals surface area contributed by atoms with E-state index in [0.29, 0.717) is 0 Å². The van der Waals surface area contributed by atoms with Crippen LogP contribution >= 0.6 is 0 Å². The van der Waals surface area contributed by atoms with Gasteiger partial charge in [0.2, 0.25) is 5.56 Å². The van der Waals surface area contributed by atoms with Crippen molar-refractivity contribution in [3.05, 3.63) is 63.7 Å². The van der Waals surface area contributed by atoms with E-state index in [9.17, 15) is 9.59 Å². The Hall–Kier alpha value is -2.17. The zero-order chi connectivity index (χ0) is 10.2. The van der Waals surface area contributed by atoms with Crippen LogP contribution in [0.4, 0.5) is 0 Å². The smallest absolute Gasteiger partial charge is 0.329 e. The largest absolute Gasteiger partial charge is 0.344 e. The topological polar surface area (TPSA) is 78.6 Å². The van der Waals surface area contributed by atoms with Gasteiger partial charge in [-0.25, -0.2) is 9.78 Å². The van der Waals surface area contributed by atoms with Crippen LogP contribution in [0.5, 0.6) is 0 Å². The van der Waals surface area contributed by atoms with Crippen molar-refractivity contribution in [3.8, 4) is 0 Å². The molecular formula is C9H9N3O2. The minimum atomic E-state index is -0.303. The number of nitrogens with zero attached hydrogens (tertiary/aromatic N) is 1. The first-order valence-electron chi connectivity index (χ1n) is 3.92. The van der Waals surface area contributed by atoms with E-state index in [4.69, 9.17) is 0 Å². The van der Waals surface area contributed by atoms with E-state index < -0.39 is 0 Å². The number of nitrogens with one attached hydrogen (secondary N) is 2. The molecule has 2 N–H and O–H groups in total. The van der Waals surface area contributed by atoms with Crippen molar-refractivity contribution in [2.45, 2.75) is 0 Å². The zero-order valence-corrected chi connectivity index (χ0v) is 7.31. The molecule has 2 heterocycles. The Morgan fingerprint density at radius 1 is 1.00 bits per heavy atom. The molecule has 0 unspecified atom stereocenters. The molecule has 0 fully saturated rings. The van der Waals surface area contributed by atoms with Crippen LogP contribution < -0.4 is 11.2 Å². The lowest BCUT2D eigenvalue weighted by atomic mass is 10.5. The highest BCUT2D eigenvalue weighted by Crippen LogP contribution is 1.67. The fraction of sp³-hybridized carbons (Fsp3) is 0. The minimum absolute atomic E-state index is 0.0532. The van der Waals surface area contributed by atoms with E-state index in [0.717, 1.165) is 0 Å². The lowest BCUT2D eigenvalue weighted by Gasteiger charge is -1.73. The molecule has 2 aromatic heterocycles. The second-order valence-electron chi connectivity index (χ2n) is 2.31. The Bertz CT molecular complexity index is 395. The van der Waals surface area contributed by atoms with Gasteiger partial charge in [-0.3, -0.25) is 4.79 Å². The maximum absolute atomic E-state index is 10.2. The Kier molecular flexibility index (Phi) is 3.87. The van der Waals surface area contributed by atoms with Crippen LogP contribution in [0.3, 0.4) is 0 Å². The fourth-order valence-electron chi connectivity index (χ4n) is 0.687. The number of H-pyrrole nitrogens is 2. The van der Waals surface area contributed by atoms with Gasteiger partial charge < -0.3 is 9.97 Å². The standard InChI is InChI=1S/C5H5NO.C4H4N2O/c7-5-3-1-2-4-6-5;7-4-5-2-1-3-6-4/h1-4H,(H,6,7);1-3H,(H,5,6,7). The van der Waals surface area contributed by atoms with Crippen LogP contribution in [0.15, 0.2) is 52.4 Å². The van der Waals surface area contributed by atoms with Crippen LogP contribution in [0, 0.1) is 0 Å². The van der Waals surface area contributed by atoms with Crippen LogP contribution in [0.25, 0.3) is 0 Å². The van der Waals surface area contributed by atoms with E-state index in [1.54, 1.807) is 24.4 Å². The molecule has 0 aliphatic carbocycles. The summed E-state index contributed by atoms with van der Waals surface area (Å²) in [5, 5.41) is 0. The SMILES string of the molecule is O=c1cccc[nH]1.O=c1nccc[nH]1. The van der Waals surface area contributed by atoms with Crippen molar-refractivity contribution in [3.63, 3.8) is 0 Å². The van der Waals surface area contributed by atoms with Gasteiger partial charge in [0.1, 0.15) is 0 Å². The molecule has 0 radical (unpaired) electrons. The van der Waals surface area contributed by atoms with Gasteiger partial charge in [-0.15, -0.1) is 0 Å². The van der Waals surface area contributed by atoms with E-state index in [1.165, 1.54) is 18.5 Å². The van der Waals surface area contributed by atoms with Crippen LogP contribution in [-0.2, 0) is 0 Å². The molecule has 0 spiro atoms. The summed E-state index contributed by atoms with van der Waals surface area (Å²) in [7, 11) is 0. The zero-order valence-electron chi connectivity index (χ0n) is 7.31. The molecule has 72 valence electrons. The summed E-state index contributed by atoms with van der Waals surface area (Å²) in [6.07, 6.45) is 4.58. The highest BCUT2D eigenvalue weighted by atomic mass is 16.1. The third-order valence-electron chi connectivity index (χ3n) is 1.26. The molecule has 0 saturated carbocycles. The summed E-state index contributed by atoms with van der Waals surface area (Å²) >= 11 is 0. The molecule has 0 saturated heterocycles. The molecule has 5 nitrogen and oxygen atoms in total. The van der Waals surface area contributed by atoms with Crippen molar-refractivity contribution in [1.82, 2.24) is 15.0 Å². The third-order valence-corrected chi connectivity index (χ3v) is 1.26. The summed E-state index contributed by atoms with van der Waals surface area (Å²) in [5.74, 6) is 0. The first-order chi connectivity index (χ1) is 6.79. The summed E-state index contributed by atoms with van der Waals surface area (Å²) in [6.45, 7) is 0. The van der Waals surface area contributed by atoms with Gasteiger partial charge in [0, 0.05) is 24.7 Å². The van der Waals surface area contributed by atoms with Crippen molar-refractivity contribution >= 4 is 0 Å². The predicted molar refractivity (Wildman–Crippen MR) is 51.9 cm³/mol. The van der Waals surface area contributed by atoms with Gasteiger partial charge in [-0.1, -0.05) is 6.07 Å². The Labute approximate surface area is 79.5 Å². The molecule has 2 aromatic rings. The molecular weight excluding hydrogens is 182 g/mol. The van der Waals surface area contributed by atoms with Crippen LogP contribution in [0.1, 0.15) is 0 Å². The number of hydrogen-bond donors (Lipinski definition) is 2. The summed E-state index contributed by atoms with van der Waals surface area (Å²) < 4.78 is 0. The van der Waals surface area contributed by atoms with Crippen molar-refractivity contribution in [1.29, 1.82) is 0 Å². The average molecular weight is 191 g/mol. The highest BCUT2D eigenvalue weighted by molar-refractivity contribution is 4.89. The highest BCUT2D eigenvalue weighted by Gasteiger charge is 1.70.